The molecule has 1 atom stereocenters. The summed E-state index contributed by atoms with van der Waals surface area (Å²) in [6, 6.07) is 13.1. The maximum Gasteiger partial charge on any atom is 0.302 e. The number of hydrogen-bond acceptors (Lipinski definition) is 5. The first-order chi connectivity index (χ1) is 12.5. The summed E-state index contributed by atoms with van der Waals surface area (Å²) in [7, 11) is 1.85. The summed E-state index contributed by atoms with van der Waals surface area (Å²) >= 11 is 5.99. The Balaban J connectivity index is 1.77. The smallest absolute Gasteiger partial charge is 0.302 e. The molecule has 2 N–H and O–H groups in total. The summed E-state index contributed by atoms with van der Waals surface area (Å²) in [6.07, 6.45) is 0.781. The molecule has 3 aromatic rings. The molecule has 0 aliphatic carbocycles. The predicted octanol–water partition coefficient (Wildman–Crippen LogP) is 4.28. The third-order valence-electron chi connectivity index (χ3n) is 4.00. The number of carbonyl (C=O) groups is 1. The van der Waals surface area contributed by atoms with E-state index in [4.69, 9.17) is 26.5 Å². The molecule has 0 saturated heterocycles. The van der Waals surface area contributed by atoms with Gasteiger partial charge < -0.3 is 14.9 Å². The quantitative estimate of drug-likeness (QED) is 0.668. The SMILES string of the molecule is CCCC(Oc1ccc(N(C)c2nc3cc(Cl)ccc3o2)cc1)C(N)=O. The number of oxazole rings is 1. The number of anilines is 2. The highest BCUT2D eigenvalue weighted by Crippen LogP contribution is 2.29. The van der Waals surface area contributed by atoms with Crippen LogP contribution in [0.2, 0.25) is 5.02 Å². The van der Waals surface area contributed by atoms with Crippen molar-refractivity contribution in [2.24, 2.45) is 5.73 Å². The van der Waals surface area contributed by atoms with Crippen LogP contribution in [0.4, 0.5) is 11.7 Å². The first-order valence-corrected chi connectivity index (χ1v) is 8.71. The van der Waals surface area contributed by atoms with E-state index < -0.39 is 12.0 Å². The van der Waals surface area contributed by atoms with Crippen molar-refractivity contribution in [3.63, 3.8) is 0 Å². The van der Waals surface area contributed by atoms with Crippen molar-refractivity contribution in [2.45, 2.75) is 25.9 Å². The average Bonchev–Trinajstić information content (AvgIpc) is 3.04. The molecule has 0 bridgehead atoms. The minimum Gasteiger partial charge on any atom is -0.481 e. The van der Waals surface area contributed by atoms with E-state index in [0.29, 0.717) is 34.3 Å². The standard InChI is InChI=1S/C19H20ClN3O3/c1-3-4-17(18(21)24)25-14-8-6-13(7-9-14)23(2)19-22-15-11-12(20)5-10-16(15)26-19/h5-11,17H,3-4H2,1-2H3,(H2,21,24). The van der Waals surface area contributed by atoms with Crippen molar-refractivity contribution in [2.75, 3.05) is 11.9 Å². The van der Waals surface area contributed by atoms with E-state index in [0.717, 1.165) is 12.1 Å². The highest BCUT2D eigenvalue weighted by molar-refractivity contribution is 6.31. The summed E-state index contributed by atoms with van der Waals surface area (Å²) in [5.74, 6) is 0.127. The molecular weight excluding hydrogens is 354 g/mol. The second-order valence-electron chi connectivity index (χ2n) is 5.96. The maximum atomic E-state index is 11.4. The van der Waals surface area contributed by atoms with Gasteiger partial charge in [0.05, 0.1) is 0 Å². The van der Waals surface area contributed by atoms with Crippen LogP contribution in [-0.4, -0.2) is 24.0 Å². The Morgan fingerprint density at radius 3 is 2.69 bits per heavy atom. The molecule has 26 heavy (non-hydrogen) atoms. The van der Waals surface area contributed by atoms with Gasteiger partial charge in [-0.2, -0.15) is 4.98 Å². The van der Waals surface area contributed by atoms with Crippen molar-refractivity contribution in [1.82, 2.24) is 4.98 Å². The molecular formula is C19H20ClN3O3. The van der Waals surface area contributed by atoms with Gasteiger partial charge in [0.25, 0.3) is 5.91 Å². The van der Waals surface area contributed by atoms with Crippen LogP contribution < -0.4 is 15.4 Å². The lowest BCUT2D eigenvalue weighted by atomic mass is 10.2. The summed E-state index contributed by atoms with van der Waals surface area (Å²) in [5, 5.41) is 0.609. The Bertz CT molecular complexity index is 908. The topological polar surface area (TPSA) is 81.6 Å². The number of nitrogens with zero attached hydrogens (tertiary/aromatic N) is 2. The first-order valence-electron chi connectivity index (χ1n) is 8.33. The maximum absolute atomic E-state index is 11.4. The molecule has 6 nitrogen and oxygen atoms in total. The number of amides is 1. The molecule has 0 saturated carbocycles. The number of carbonyl (C=O) groups excluding carboxylic acids is 1. The third-order valence-corrected chi connectivity index (χ3v) is 4.23. The van der Waals surface area contributed by atoms with Crippen molar-refractivity contribution in [3.05, 3.63) is 47.5 Å². The minimum atomic E-state index is -0.620. The average molecular weight is 374 g/mol. The number of fused-ring (bicyclic) bond motifs is 1. The van der Waals surface area contributed by atoms with E-state index in [2.05, 4.69) is 4.98 Å². The molecule has 2 aromatic carbocycles. The lowest BCUT2D eigenvalue weighted by Gasteiger charge is -2.17. The first kappa shape index (κ1) is 18.1. The number of ether oxygens (including phenoxy) is 1. The van der Waals surface area contributed by atoms with Gasteiger partial charge in [0.2, 0.25) is 0 Å². The van der Waals surface area contributed by atoms with Gasteiger partial charge in [0.1, 0.15) is 11.3 Å². The number of benzene rings is 2. The second-order valence-corrected chi connectivity index (χ2v) is 6.40. The second kappa shape index (κ2) is 7.66. The molecule has 3 rings (SSSR count). The van der Waals surface area contributed by atoms with Gasteiger partial charge in [-0.1, -0.05) is 24.9 Å². The molecule has 1 heterocycles. The lowest BCUT2D eigenvalue weighted by Crippen LogP contribution is -2.33. The van der Waals surface area contributed by atoms with Gasteiger partial charge in [-0.15, -0.1) is 0 Å². The van der Waals surface area contributed by atoms with E-state index in [9.17, 15) is 4.79 Å². The Morgan fingerprint density at radius 2 is 2.04 bits per heavy atom. The number of hydrogen-bond donors (Lipinski definition) is 1. The summed E-state index contributed by atoms with van der Waals surface area (Å²) in [4.78, 5) is 17.7. The molecule has 1 unspecified atom stereocenters. The fraction of sp³-hybridized carbons (Fsp3) is 0.263. The molecule has 0 radical (unpaired) electrons. The molecule has 1 amide bonds. The zero-order valence-electron chi connectivity index (χ0n) is 14.6. The number of halogens is 1. The van der Waals surface area contributed by atoms with Crippen molar-refractivity contribution >= 4 is 40.3 Å². The highest BCUT2D eigenvalue weighted by Gasteiger charge is 2.17. The zero-order valence-corrected chi connectivity index (χ0v) is 15.4. The number of primary amides is 1. The Labute approximate surface area is 156 Å². The van der Waals surface area contributed by atoms with Crippen molar-refractivity contribution in [3.8, 4) is 5.75 Å². The molecule has 0 fully saturated rings. The number of rotatable bonds is 7. The van der Waals surface area contributed by atoms with Crippen LogP contribution in [0.3, 0.4) is 0 Å². The zero-order chi connectivity index (χ0) is 18.7. The van der Waals surface area contributed by atoms with Gasteiger partial charge in [-0.05, 0) is 48.9 Å². The Morgan fingerprint density at radius 1 is 1.31 bits per heavy atom. The Hall–Kier alpha value is -2.73. The number of aromatic nitrogens is 1. The minimum absolute atomic E-state index is 0.455. The third kappa shape index (κ3) is 3.91. The van der Waals surface area contributed by atoms with Gasteiger partial charge in [0, 0.05) is 17.8 Å². The van der Waals surface area contributed by atoms with Gasteiger partial charge >= 0.3 is 6.01 Å². The van der Waals surface area contributed by atoms with Gasteiger partial charge in [-0.25, -0.2) is 0 Å². The van der Waals surface area contributed by atoms with E-state index in [1.807, 2.05) is 31.0 Å². The molecule has 1 aromatic heterocycles. The van der Waals surface area contributed by atoms with Crippen LogP contribution >= 0.6 is 11.6 Å². The number of nitrogens with two attached hydrogens (primary N) is 1. The lowest BCUT2D eigenvalue weighted by molar-refractivity contribution is -0.125. The molecule has 0 spiro atoms. The molecule has 0 aliphatic rings. The van der Waals surface area contributed by atoms with Crippen LogP contribution in [0.25, 0.3) is 11.1 Å². The predicted molar refractivity (Wildman–Crippen MR) is 102 cm³/mol. The van der Waals surface area contributed by atoms with Crippen LogP contribution in [0.5, 0.6) is 5.75 Å². The van der Waals surface area contributed by atoms with Crippen LogP contribution in [0.1, 0.15) is 19.8 Å². The van der Waals surface area contributed by atoms with Gasteiger partial charge in [0.15, 0.2) is 11.7 Å². The van der Waals surface area contributed by atoms with Crippen LogP contribution in [-0.2, 0) is 4.79 Å². The molecule has 7 heteroatoms. The van der Waals surface area contributed by atoms with Gasteiger partial charge in [-0.3, -0.25) is 9.69 Å². The highest BCUT2D eigenvalue weighted by atomic mass is 35.5. The van der Waals surface area contributed by atoms with Crippen molar-refractivity contribution in [1.29, 1.82) is 0 Å². The van der Waals surface area contributed by atoms with E-state index in [1.165, 1.54) is 0 Å². The van der Waals surface area contributed by atoms with E-state index in [1.54, 1.807) is 30.3 Å². The van der Waals surface area contributed by atoms with Crippen LogP contribution in [0, 0.1) is 0 Å². The monoisotopic (exact) mass is 373 g/mol. The van der Waals surface area contributed by atoms with E-state index >= 15 is 0 Å². The normalized spacial score (nSPS) is 12.1. The largest absolute Gasteiger partial charge is 0.481 e. The molecule has 136 valence electrons. The summed E-state index contributed by atoms with van der Waals surface area (Å²) in [5.41, 5.74) is 7.60. The summed E-state index contributed by atoms with van der Waals surface area (Å²) in [6.45, 7) is 1.98. The summed E-state index contributed by atoms with van der Waals surface area (Å²) < 4.78 is 11.4. The van der Waals surface area contributed by atoms with E-state index in [-0.39, 0.29) is 0 Å². The molecule has 0 aliphatic heterocycles. The van der Waals surface area contributed by atoms with Crippen molar-refractivity contribution < 1.29 is 13.9 Å². The fourth-order valence-corrected chi connectivity index (χ4v) is 2.74. The van der Waals surface area contributed by atoms with Crippen LogP contribution in [0.15, 0.2) is 46.9 Å². The Kier molecular flexibility index (Phi) is 5.32. The fourth-order valence-electron chi connectivity index (χ4n) is 2.58.